The van der Waals surface area contributed by atoms with E-state index in [1.807, 2.05) is 18.2 Å². The predicted octanol–water partition coefficient (Wildman–Crippen LogP) is 5.23. The highest BCUT2D eigenvalue weighted by Crippen LogP contribution is 2.46. The minimum absolute atomic E-state index is 0.390. The quantitative estimate of drug-likeness (QED) is 0.521. The van der Waals surface area contributed by atoms with Crippen LogP contribution in [0.2, 0.25) is 0 Å². The molecular weight excluding hydrogens is 410 g/mol. The van der Waals surface area contributed by atoms with Crippen molar-refractivity contribution in [3.8, 4) is 17.2 Å². The first-order chi connectivity index (χ1) is 13.0. The van der Waals surface area contributed by atoms with E-state index in [9.17, 15) is 5.21 Å². The van der Waals surface area contributed by atoms with E-state index in [1.54, 1.807) is 21.3 Å². The summed E-state index contributed by atoms with van der Waals surface area (Å²) in [6, 6.07) is 1.89. The molecule has 5 nitrogen and oxygen atoms in total. The molecule has 1 saturated carbocycles. The normalized spacial score (nSPS) is 24.6. The molecule has 0 saturated heterocycles. The second-order valence-corrected chi connectivity index (χ2v) is 7.53. The molecule has 0 heterocycles. The molecule has 6 heteroatoms. The first-order valence-corrected chi connectivity index (χ1v) is 9.63. The zero-order valence-electron chi connectivity index (χ0n) is 16.0. The van der Waals surface area contributed by atoms with Crippen molar-refractivity contribution in [3.05, 3.63) is 45.5 Å². The number of ether oxygens (including phenoxy) is 3. The molecule has 1 fully saturated rings. The number of hydrogen-bond donors (Lipinski definition) is 1. The van der Waals surface area contributed by atoms with Crippen LogP contribution >= 0.6 is 15.9 Å². The molecule has 0 aliphatic heterocycles. The van der Waals surface area contributed by atoms with Crippen LogP contribution < -0.4 is 14.2 Å². The molecule has 1 aromatic rings. The molecule has 2 aliphatic carbocycles. The largest absolute Gasteiger partial charge is 0.493 e. The zero-order chi connectivity index (χ0) is 19.6. The topological polar surface area (TPSA) is 60.3 Å². The highest BCUT2D eigenvalue weighted by atomic mass is 79.9. The molecule has 2 atom stereocenters. The molecule has 3 rings (SSSR count). The smallest absolute Gasteiger partial charge is 0.204 e. The van der Waals surface area contributed by atoms with E-state index in [4.69, 9.17) is 14.2 Å². The fourth-order valence-corrected chi connectivity index (χ4v) is 4.46. The van der Waals surface area contributed by atoms with Gasteiger partial charge >= 0.3 is 0 Å². The number of benzene rings is 1. The molecule has 1 N–H and O–H groups in total. The van der Waals surface area contributed by atoms with Crippen LogP contribution in [-0.2, 0) is 0 Å². The molecule has 0 amide bonds. The molecule has 2 unspecified atom stereocenters. The van der Waals surface area contributed by atoms with Gasteiger partial charge in [-0.25, -0.2) is 0 Å². The lowest BCUT2D eigenvalue weighted by molar-refractivity contribution is 0.314. The second kappa shape index (κ2) is 8.21. The fourth-order valence-electron chi connectivity index (χ4n) is 3.89. The molecule has 144 valence electrons. The van der Waals surface area contributed by atoms with E-state index >= 15 is 0 Å². The van der Waals surface area contributed by atoms with Crippen molar-refractivity contribution >= 4 is 27.7 Å². The van der Waals surface area contributed by atoms with Crippen molar-refractivity contribution in [2.24, 2.45) is 17.0 Å². The third-order valence-electron chi connectivity index (χ3n) is 5.24. The maximum atomic E-state index is 9.72. The summed E-state index contributed by atoms with van der Waals surface area (Å²) in [6.07, 6.45) is 10.1. The Balaban J connectivity index is 2.13. The van der Waals surface area contributed by atoms with Gasteiger partial charge in [0.1, 0.15) is 5.71 Å². The van der Waals surface area contributed by atoms with Crippen LogP contribution in [0.4, 0.5) is 0 Å². The summed E-state index contributed by atoms with van der Waals surface area (Å²) in [5.41, 5.74) is 3.60. The van der Waals surface area contributed by atoms with Crippen LogP contribution in [0.3, 0.4) is 0 Å². The molecule has 0 bridgehead atoms. The van der Waals surface area contributed by atoms with E-state index in [0.717, 1.165) is 34.0 Å². The average molecular weight is 434 g/mol. The minimum atomic E-state index is 0.390. The Bertz CT molecular complexity index is 854. The van der Waals surface area contributed by atoms with Crippen LogP contribution in [0.1, 0.15) is 25.3 Å². The van der Waals surface area contributed by atoms with Gasteiger partial charge in [-0.15, -0.1) is 0 Å². The Morgan fingerprint density at radius 3 is 2.56 bits per heavy atom. The van der Waals surface area contributed by atoms with Gasteiger partial charge in [0.25, 0.3) is 0 Å². The summed E-state index contributed by atoms with van der Waals surface area (Å²) in [5, 5.41) is 13.4. The first kappa shape index (κ1) is 19.5. The Morgan fingerprint density at radius 1 is 1.19 bits per heavy atom. The van der Waals surface area contributed by atoms with E-state index in [0.29, 0.717) is 34.8 Å². The zero-order valence-corrected chi connectivity index (χ0v) is 17.5. The van der Waals surface area contributed by atoms with Gasteiger partial charge in [0, 0.05) is 0 Å². The number of allylic oxidation sites excluding steroid dienone is 5. The van der Waals surface area contributed by atoms with Gasteiger partial charge in [0.05, 0.1) is 25.8 Å². The lowest BCUT2D eigenvalue weighted by atomic mass is 9.70. The molecule has 0 radical (unpaired) electrons. The Kier molecular flexibility index (Phi) is 5.95. The van der Waals surface area contributed by atoms with E-state index in [2.05, 4.69) is 40.2 Å². The maximum Gasteiger partial charge on any atom is 0.204 e. The summed E-state index contributed by atoms with van der Waals surface area (Å²) < 4.78 is 17.2. The minimum Gasteiger partial charge on any atom is -0.493 e. The third kappa shape index (κ3) is 3.50. The Morgan fingerprint density at radius 2 is 1.93 bits per heavy atom. The van der Waals surface area contributed by atoms with Crippen LogP contribution in [-0.4, -0.2) is 32.2 Å². The third-order valence-corrected chi connectivity index (χ3v) is 6.05. The summed E-state index contributed by atoms with van der Waals surface area (Å²) >= 11 is 3.62. The van der Waals surface area contributed by atoms with Gasteiger partial charge in [-0.2, -0.15) is 0 Å². The van der Waals surface area contributed by atoms with E-state index in [1.165, 1.54) is 0 Å². The van der Waals surface area contributed by atoms with Crippen LogP contribution in [0.5, 0.6) is 17.2 Å². The predicted molar refractivity (Wildman–Crippen MR) is 110 cm³/mol. The molecule has 0 aromatic heterocycles. The van der Waals surface area contributed by atoms with E-state index in [-0.39, 0.29) is 0 Å². The molecule has 1 aromatic carbocycles. The van der Waals surface area contributed by atoms with Gasteiger partial charge in [-0.05, 0) is 69.5 Å². The lowest BCUT2D eigenvalue weighted by Crippen LogP contribution is -2.29. The van der Waals surface area contributed by atoms with Crippen molar-refractivity contribution in [1.29, 1.82) is 0 Å². The number of fused-ring (bicyclic) bond motifs is 1. The first-order valence-electron chi connectivity index (χ1n) is 8.84. The summed E-state index contributed by atoms with van der Waals surface area (Å²) in [5.74, 6) is 2.52. The van der Waals surface area contributed by atoms with Gasteiger partial charge in [0.2, 0.25) is 5.75 Å². The Hall–Kier alpha value is -2.21. The summed E-state index contributed by atoms with van der Waals surface area (Å²) in [6.45, 7) is 2.24. The SMILES string of the molecule is COc1cc(C=C2CC(C)C3CC=CC=C3C2=NO)c(Br)c(OC)c1OC. The second-order valence-electron chi connectivity index (χ2n) is 6.74. The van der Waals surface area contributed by atoms with Crippen LogP contribution in [0.25, 0.3) is 6.08 Å². The maximum absolute atomic E-state index is 9.72. The van der Waals surface area contributed by atoms with Gasteiger partial charge < -0.3 is 19.4 Å². The Labute approximate surface area is 168 Å². The van der Waals surface area contributed by atoms with Crippen molar-refractivity contribution < 1.29 is 19.4 Å². The van der Waals surface area contributed by atoms with E-state index < -0.39 is 0 Å². The fraction of sp³-hybridized carbons (Fsp3) is 0.381. The highest BCUT2D eigenvalue weighted by Gasteiger charge is 2.33. The van der Waals surface area contributed by atoms with Crippen molar-refractivity contribution in [3.63, 3.8) is 0 Å². The van der Waals surface area contributed by atoms with Crippen molar-refractivity contribution in [1.82, 2.24) is 0 Å². The summed E-state index contributed by atoms with van der Waals surface area (Å²) in [7, 11) is 4.76. The van der Waals surface area contributed by atoms with Gasteiger partial charge in [0.15, 0.2) is 11.5 Å². The molecular formula is C21H24BrNO4. The monoisotopic (exact) mass is 433 g/mol. The van der Waals surface area contributed by atoms with Gasteiger partial charge in [-0.1, -0.05) is 30.3 Å². The van der Waals surface area contributed by atoms with Gasteiger partial charge in [-0.3, -0.25) is 0 Å². The number of halogens is 1. The molecule has 2 aliphatic rings. The van der Waals surface area contributed by atoms with Crippen molar-refractivity contribution in [2.75, 3.05) is 21.3 Å². The highest BCUT2D eigenvalue weighted by molar-refractivity contribution is 9.10. The molecule has 27 heavy (non-hydrogen) atoms. The van der Waals surface area contributed by atoms with Crippen LogP contribution in [0.15, 0.2) is 45.1 Å². The number of rotatable bonds is 4. The van der Waals surface area contributed by atoms with Crippen LogP contribution in [0, 0.1) is 11.8 Å². The standard InChI is InChI=1S/C21H24BrNO4/c1-12-9-14(19(23-24)16-8-6-5-7-15(12)16)10-13-11-17(25-2)20(26-3)21(27-4)18(13)22/h5-6,8,10-12,15,24H,7,9H2,1-4H3. The van der Waals surface area contributed by atoms with Crippen molar-refractivity contribution in [2.45, 2.75) is 19.8 Å². The average Bonchev–Trinajstić information content (AvgIpc) is 2.69. The number of hydrogen-bond acceptors (Lipinski definition) is 5. The summed E-state index contributed by atoms with van der Waals surface area (Å²) in [4.78, 5) is 0. The molecule has 0 spiro atoms. The number of oxime groups is 1. The lowest BCUT2D eigenvalue weighted by Gasteiger charge is -2.34. The number of methoxy groups -OCH3 is 3. The number of nitrogens with zero attached hydrogens (tertiary/aromatic N) is 1.